The van der Waals surface area contributed by atoms with E-state index in [1.807, 2.05) is 0 Å². The Morgan fingerprint density at radius 3 is 3.00 bits per heavy atom. The van der Waals surface area contributed by atoms with Crippen LogP contribution in [0.2, 0.25) is 0 Å². The van der Waals surface area contributed by atoms with Gasteiger partial charge >= 0.3 is 5.91 Å². The van der Waals surface area contributed by atoms with E-state index in [0.717, 1.165) is 4.70 Å². The van der Waals surface area contributed by atoms with Crippen molar-refractivity contribution in [1.82, 2.24) is 4.57 Å². The maximum Gasteiger partial charge on any atom is 0.317 e. The lowest BCUT2D eigenvalue weighted by Crippen LogP contribution is -2.19. The summed E-state index contributed by atoms with van der Waals surface area (Å²) in [4.78, 5) is 27.2. The Morgan fingerprint density at radius 2 is 2.33 bits per heavy atom. The molecule has 0 atom stereocenters. The molecule has 1 aliphatic rings. The maximum atomic E-state index is 12.2. The fourth-order valence-corrected chi connectivity index (χ4v) is 3.20. The maximum absolute atomic E-state index is 12.2. The zero-order valence-corrected chi connectivity index (χ0v) is 13.3. The molecule has 0 N–H and O–H groups in total. The van der Waals surface area contributed by atoms with Crippen molar-refractivity contribution >= 4 is 33.1 Å². The lowest BCUT2D eigenvalue weighted by atomic mass is 10.3. The number of carbonyl (C=O) groups is 1. The quantitative estimate of drug-likeness (QED) is 0.479. The number of benzene rings is 1. The first-order valence-corrected chi connectivity index (χ1v) is 7.84. The minimum atomic E-state index is -0.562. The zero-order valence-electron chi connectivity index (χ0n) is 12.5. The third kappa shape index (κ3) is 3.06. The van der Waals surface area contributed by atoms with E-state index in [1.54, 1.807) is 16.7 Å². The van der Waals surface area contributed by atoms with Crippen LogP contribution in [0.3, 0.4) is 0 Å². The lowest BCUT2D eigenvalue weighted by Gasteiger charge is -2.12. The number of nitro groups is 1. The minimum Gasteiger partial charge on any atom is -0.494 e. The van der Waals surface area contributed by atoms with Gasteiger partial charge in [-0.2, -0.15) is 4.99 Å². The smallest absolute Gasteiger partial charge is 0.317 e. The number of hydrogen-bond acceptors (Lipinski definition) is 6. The minimum absolute atomic E-state index is 0.0253. The molecule has 0 unspecified atom stereocenters. The van der Waals surface area contributed by atoms with E-state index in [-0.39, 0.29) is 11.4 Å². The van der Waals surface area contributed by atoms with Gasteiger partial charge in [-0.3, -0.25) is 14.9 Å². The van der Waals surface area contributed by atoms with Crippen molar-refractivity contribution in [2.24, 2.45) is 4.99 Å². The van der Waals surface area contributed by atoms with Crippen LogP contribution in [0.15, 0.2) is 47.9 Å². The SMILES string of the molecule is C=CCn1c(=NC(=O)C2=COCCO2)sc2ccc([N+](=O)[O-])cc21. The summed E-state index contributed by atoms with van der Waals surface area (Å²) in [5, 5.41) is 11.0. The Balaban J connectivity index is 2.12. The molecule has 0 bridgehead atoms. The Morgan fingerprint density at radius 1 is 1.50 bits per heavy atom. The molecule has 0 fully saturated rings. The van der Waals surface area contributed by atoms with E-state index >= 15 is 0 Å². The summed E-state index contributed by atoms with van der Waals surface area (Å²) in [5.74, 6) is -0.525. The van der Waals surface area contributed by atoms with Crippen LogP contribution in [0.4, 0.5) is 5.69 Å². The standard InChI is InChI=1S/C15H13N3O5S/c1-2-5-17-11-8-10(18(20)21)3-4-13(11)24-15(17)16-14(19)12-9-22-6-7-23-12/h2-4,8-9H,1,5-7H2. The number of aromatic nitrogens is 1. The molecule has 1 aliphatic heterocycles. The molecule has 3 rings (SSSR count). The molecule has 1 aromatic heterocycles. The van der Waals surface area contributed by atoms with Crippen LogP contribution in [0, 0.1) is 10.1 Å². The highest BCUT2D eigenvalue weighted by Gasteiger charge is 2.16. The van der Waals surface area contributed by atoms with Crippen LogP contribution in [0.25, 0.3) is 10.2 Å². The van der Waals surface area contributed by atoms with Gasteiger partial charge in [0.25, 0.3) is 5.69 Å². The number of nitrogens with zero attached hydrogens (tertiary/aromatic N) is 3. The van der Waals surface area contributed by atoms with E-state index < -0.39 is 10.8 Å². The number of allylic oxidation sites excluding steroid dienone is 1. The molecule has 0 saturated carbocycles. The number of carbonyl (C=O) groups excluding carboxylic acids is 1. The third-order valence-electron chi connectivity index (χ3n) is 3.25. The number of amides is 1. The average Bonchev–Trinajstić information content (AvgIpc) is 2.92. The predicted molar refractivity (Wildman–Crippen MR) is 87.2 cm³/mol. The summed E-state index contributed by atoms with van der Waals surface area (Å²) in [6, 6.07) is 4.52. The molecule has 24 heavy (non-hydrogen) atoms. The number of thiazole rings is 1. The van der Waals surface area contributed by atoms with E-state index in [9.17, 15) is 14.9 Å². The number of fused-ring (bicyclic) bond motifs is 1. The number of ether oxygens (including phenoxy) is 2. The fraction of sp³-hybridized carbons (Fsp3) is 0.200. The van der Waals surface area contributed by atoms with Crippen LogP contribution in [-0.2, 0) is 20.8 Å². The Labute approximate surface area is 140 Å². The molecule has 124 valence electrons. The molecule has 2 heterocycles. The monoisotopic (exact) mass is 347 g/mol. The molecule has 1 aromatic carbocycles. The highest BCUT2D eigenvalue weighted by Crippen LogP contribution is 2.23. The molecular weight excluding hydrogens is 334 g/mol. The average molecular weight is 347 g/mol. The normalized spacial score (nSPS) is 14.7. The topological polar surface area (TPSA) is 96.0 Å². The van der Waals surface area contributed by atoms with Crippen molar-refractivity contribution in [3.05, 3.63) is 57.8 Å². The molecule has 0 radical (unpaired) electrons. The Hall–Kier alpha value is -2.94. The summed E-state index contributed by atoms with van der Waals surface area (Å²) in [6.45, 7) is 4.72. The van der Waals surface area contributed by atoms with Crippen molar-refractivity contribution in [3.63, 3.8) is 0 Å². The highest BCUT2D eigenvalue weighted by molar-refractivity contribution is 7.16. The van der Waals surface area contributed by atoms with Gasteiger partial charge in [0.05, 0.1) is 15.1 Å². The lowest BCUT2D eigenvalue weighted by molar-refractivity contribution is -0.384. The molecular formula is C15H13N3O5S. The van der Waals surface area contributed by atoms with Crippen molar-refractivity contribution in [2.45, 2.75) is 6.54 Å². The number of hydrogen-bond donors (Lipinski definition) is 0. The van der Waals surface area contributed by atoms with Crippen molar-refractivity contribution < 1.29 is 19.2 Å². The van der Waals surface area contributed by atoms with Gasteiger partial charge in [-0.1, -0.05) is 17.4 Å². The summed E-state index contributed by atoms with van der Waals surface area (Å²) in [6.07, 6.45) is 2.87. The van der Waals surface area contributed by atoms with Gasteiger partial charge in [-0.05, 0) is 6.07 Å². The molecule has 9 heteroatoms. The molecule has 0 aliphatic carbocycles. The highest BCUT2D eigenvalue weighted by atomic mass is 32.1. The first-order valence-electron chi connectivity index (χ1n) is 7.02. The number of nitro benzene ring substituents is 1. The van der Waals surface area contributed by atoms with E-state index in [1.165, 1.54) is 29.7 Å². The molecule has 1 amide bonds. The van der Waals surface area contributed by atoms with Gasteiger partial charge in [0.2, 0.25) is 5.76 Å². The molecule has 2 aromatic rings. The fourth-order valence-electron chi connectivity index (χ4n) is 2.18. The summed E-state index contributed by atoms with van der Waals surface area (Å²) in [5.41, 5.74) is 0.596. The van der Waals surface area contributed by atoms with E-state index in [4.69, 9.17) is 9.47 Å². The van der Waals surface area contributed by atoms with Gasteiger partial charge in [0.15, 0.2) is 4.80 Å². The Bertz CT molecular complexity index is 925. The molecule has 0 spiro atoms. The number of non-ortho nitro benzene ring substituents is 1. The molecule has 0 saturated heterocycles. The summed E-state index contributed by atoms with van der Waals surface area (Å²) >= 11 is 1.26. The summed E-state index contributed by atoms with van der Waals surface area (Å²) in [7, 11) is 0. The van der Waals surface area contributed by atoms with E-state index in [0.29, 0.717) is 30.1 Å². The van der Waals surface area contributed by atoms with Crippen LogP contribution in [-0.4, -0.2) is 28.6 Å². The second-order valence-corrected chi connectivity index (χ2v) is 5.82. The van der Waals surface area contributed by atoms with Gasteiger partial charge in [0, 0.05) is 18.7 Å². The van der Waals surface area contributed by atoms with Gasteiger partial charge < -0.3 is 14.0 Å². The van der Waals surface area contributed by atoms with Crippen LogP contribution < -0.4 is 4.80 Å². The van der Waals surface area contributed by atoms with Crippen molar-refractivity contribution in [3.8, 4) is 0 Å². The van der Waals surface area contributed by atoms with Crippen LogP contribution >= 0.6 is 11.3 Å². The van der Waals surface area contributed by atoms with E-state index in [2.05, 4.69) is 11.6 Å². The predicted octanol–water partition coefficient (Wildman–Crippen LogP) is 2.11. The van der Waals surface area contributed by atoms with Crippen molar-refractivity contribution in [2.75, 3.05) is 13.2 Å². The van der Waals surface area contributed by atoms with Gasteiger partial charge in [-0.25, -0.2) is 0 Å². The zero-order chi connectivity index (χ0) is 17.1. The largest absolute Gasteiger partial charge is 0.494 e. The number of rotatable bonds is 4. The summed E-state index contributed by atoms with van der Waals surface area (Å²) < 4.78 is 12.8. The second kappa shape index (κ2) is 6.67. The molecule has 8 nitrogen and oxygen atoms in total. The van der Waals surface area contributed by atoms with Gasteiger partial charge in [-0.15, -0.1) is 6.58 Å². The first-order chi connectivity index (χ1) is 11.6. The van der Waals surface area contributed by atoms with Crippen LogP contribution in [0.5, 0.6) is 0 Å². The third-order valence-corrected chi connectivity index (χ3v) is 4.30. The van der Waals surface area contributed by atoms with Crippen LogP contribution in [0.1, 0.15) is 0 Å². The van der Waals surface area contributed by atoms with Gasteiger partial charge in [0.1, 0.15) is 19.5 Å². The van der Waals surface area contributed by atoms with Crippen molar-refractivity contribution in [1.29, 1.82) is 0 Å². The Kier molecular flexibility index (Phi) is 4.43. The first kappa shape index (κ1) is 15.9. The second-order valence-electron chi connectivity index (χ2n) is 4.81.